The Bertz CT molecular complexity index is 1450. The lowest BCUT2D eigenvalue weighted by Gasteiger charge is -2.18. The van der Waals surface area contributed by atoms with Crippen molar-refractivity contribution in [3.8, 4) is 0 Å². The second-order valence-corrected chi connectivity index (χ2v) is 23.1. The number of hydrogen-bond donors (Lipinski definition) is 0. The fourth-order valence-corrected chi connectivity index (χ4v) is 10.0. The molecule has 0 saturated carbocycles. The Morgan fingerprint density at radius 2 is 0.506 bits per heavy atom. The molecule has 79 heavy (non-hydrogen) atoms. The number of ether oxygens (including phenoxy) is 3. The SMILES string of the molecule is CC/C=C\C/C=C\C/C=C\C/C=C\CCCCCCCCCCC(=O)OC(COC(=O)CCCCCCC/C=C\CCCC)COC(=O)CCCCCCCCCCCCCCCCCCC/C=C\CCCCCCCCCC. The Kier molecular flexibility index (Phi) is 64.7. The van der Waals surface area contributed by atoms with Gasteiger partial charge in [0.05, 0.1) is 0 Å². The Labute approximate surface area is 491 Å². The lowest BCUT2D eigenvalue weighted by molar-refractivity contribution is -0.167. The van der Waals surface area contributed by atoms with Crippen LogP contribution in [-0.2, 0) is 28.6 Å². The van der Waals surface area contributed by atoms with Gasteiger partial charge in [0.15, 0.2) is 6.10 Å². The molecule has 0 spiro atoms. The van der Waals surface area contributed by atoms with Crippen LogP contribution in [0.4, 0.5) is 0 Å². The average molecular weight is 1100 g/mol. The average Bonchev–Trinajstić information content (AvgIpc) is 3.45. The summed E-state index contributed by atoms with van der Waals surface area (Å²) in [6.07, 6.45) is 87.9. The van der Waals surface area contributed by atoms with Crippen LogP contribution in [0.2, 0.25) is 0 Å². The molecule has 0 amide bonds. The van der Waals surface area contributed by atoms with Crippen molar-refractivity contribution in [2.45, 2.75) is 361 Å². The molecule has 0 radical (unpaired) electrons. The number of unbranched alkanes of at least 4 members (excludes halogenated alkanes) is 40. The lowest BCUT2D eigenvalue weighted by Crippen LogP contribution is -2.30. The van der Waals surface area contributed by atoms with Crippen molar-refractivity contribution < 1.29 is 28.6 Å². The van der Waals surface area contributed by atoms with Crippen molar-refractivity contribution in [2.24, 2.45) is 0 Å². The predicted molar refractivity (Wildman–Crippen MR) is 344 cm³/mol. The highest BCUT2D eigenvalue weighted by molar-refractivity contribution is 5.71. The number of rotatable bonds is 63. The molecule has 6 nitrogen and oxygen atoms in total. The molecule has 0 rings (SSSR count). The molecule has 0 aliphatic heterocycles. The summed E-state index contributed by atoms with van der Waals surface area (Å²) in [6, 6.07) is 0. The van der Waals surface area contributed by atoms with E-state index in [0.29, 0.717) is 19.3 Å². The van der Waals surface area contributed by atoms with E-state index < -0.39 is 6.10 Å². The molecule has 458 valence electrons. The first-order valence-electron chi connectivity index (χ1n) is 34.4. The van der Waals surface area contributed by atoms with E-state index in [0.717, 1.165) is 96.3 Å². The summed E-state index contributed by atoms with van der Waals surface area (Å²) in [5, 5.41) is 0. The Morgan fingerprint density at radius 1 is 0.266 bits per heavy atom. The molecule has 0 N–H and O–H groups in total. The van der Waals surface area contributed by atoms with Crippen LogP contribution in [-0.4, -0.2) is 37.2 Å². The van der Waals surface area contributed by atoms with E-state index >= 15 is 0 Å². The van der Waals surface area contributed by atoms with E-state index in [9.17, 15) is 14.4 Å². The van der Waals surface area contributed by atoms with E-state index in [2.05, 4.69) is 93.7 Å². The zero-order valence-corrected chi connectivity index (χ0v) is 52.6. The summed E-state index contributed by atoms with van der Waals surface area (Å²) in [7, 11) is 0. The smallest absolute Gasteiger partial charge is 0.306 e. The highest BCUT2D eigenvalue weighted by Crippen LogP contribution is 2.17. The minimum atomic E-state index is -0.783. The van der Waals surface area contributed by atoms with E-state index in [1.54, 1.807) is 0 Å². The van der Waals surface area contributed by atoms with Crippen molar-refractivity contribution >= 4 is 17.9 Å². The molecule has 6 heteroatoms. The molecule has 0 aliphatic rings. The first kappa shape index (κ1) is 75.8. The van der Waals surface area contributed by atoms with Crippen LogP contribution in [0.15, 0.2) is 72.9 Å². The second kappa shape index (κ2) is 67.4. The van der Waals surface area contributed by atoms with Crippen LogP contribution in [0.3, 0.4) is 0 Å². The number of carbonyl (C=O) groups excluding carboxylic acids is 3. The van der Waals surface area contributed by atoms with Gasteiger partial charge in [-0.05, 0) is 103 Å². The van der Waals surface area contributed by atoms with Gasteiger partial charge in [0.25, 0.3) is 0 Å². The van der Waals surface area contributed by atoms with E-state index in [-0.39, 0.29) is 31.1 Å². The molecule has 0 heterocycles. The standard InChI is InChI=1S/C73H130O6/c1-4-7-10-13-16-19-22-24-26-28-30-32-33-34-35-36-37-38-39-41-42-44-46-48-51-54-57-60-63-66-72(75)78-69-70(68-77-71(74)65-62-59-56-53-50-21-18-15-12-9-6-3)79-73(76)67-64-61-58-55-52-49-47-45-43-40-31-29-27-25-23-20-17-14-11-8-5-2/h8,11,15,17-18,20,25,27-28,30-31,40,70H,4-7,9-10,12-14,16,19,21-24,26,29,32-39,41-69H2,1-3H3/b11-8-,18-15-,20-17-,27-25-,30-28-,40-31-. The van der Waals surface area contributed by atoms with Gasteiger partial charge < -0.3 is 14.2 Å². The summed E-state index contributed by atoms with van der Waals surface area (Å²) in [4.78, 5) is 38.3. The number of allylic oxidation sites excluding steroid dienone is 12. The van der Waals surface area contributed by atoms with Crippen LogP contribution < -0.4 is 0 Å². The van der Waals surface area contributed by atoms with E-state index in [4.69, 9.17) is 14.2 Å². The summed E-state index contributed by atoms with van der Waals surface area (Å²) in [5.74, 6) is -0.880. The topological polar surface area (TPSA) is 78.9 Å². The number of esters is 3. The molecule has 1 atom stereocenters. The highest BCUT2D eigenvalue weighted by Gasteiger charge is 2.19. The molecule has 1 unspecified atom stereocenters. The molecule has 0 saturated heterocycles. The van der Waals surface area contributed by atoms with Gasteiger partial charge in [0, 0.05) is 19.3 Å². The van der Waals surface area contributed by atoms with Crippen molar-refractivity contribution in [2.75, 3.05) is 13.2 Å². The van der Waals surface area contributed by atoms with Crippen molar-refractivity contribution in [3.05, 3.63) is 72.9 Å². The molecule has 0 fully saturated rings. The molecule has 0 aromatic rings. The lowest BCUT2D eigenvalue weighted by atomic mass is 10.0. The van der Waals surface area contributed by atoms with Crippen molar-refractivity contribution in [1.82, 2.24) is 0 Å². The van der Waals surface area contributed by atoms with E-state index in [1.165, 1.54) is 218 Å². The maximum atomic E-state index is 12.9. The fraction of sp³-hybridized carbons (Fsp3) is 0.795. The van der Waals surface area contributed by atoms with Crippen LogP contribution in [0.25, 0.3) is 0 Å². The Morgan fingerprint density at radius 3 is 0.823 bits per heavy atom. The third-order valence-electron chi connectivity index (χ3n) is 15.2. The summed E-state index contributed by atoms with van der Waals surface area (Å²) in [5.41, 5.74) is 0. The summed E-state index contributed by atoms with van der Waals surface area (Å²) in [6.45, 7) is 6.52. The molecule has 0 aliphatic carbocycles. The zero-order valence-electron chi connectivity index (χ0n) is 52.6. The van der Waals surface area contributed by atoms with E-state index in [1.807, 2.05) is 0 Å². The zero-order chi connectivity index (χ0) is 57.1. The fourth-order valence-electron chi connectivity index (χ4n) is 10.0. The van der Waals surface area contributed by atoms with Crippen LogP contribution in [0.1, 0.15) is 355 Å². The Balaban J connectivity index is 4.19. The first-order chi connectivity index (χ1) is 39.0. The minimum absolute atomic E-state index is 0.0786. The van der Waals surface area contributed by atoms with Gasteiger partial charge in [-0.15, -0.1) is 0 Å². The van der Waals surface area contributed by atoms with Gasteiger partial charge in [-0.1, -0.05) is 306 Å². The van der Waals surface area contributed by atoms with Crippen LogP contribution in [0.5, 0.6) is 0 Å². The van der Waals surface area contributed by atoms with Gasteiger partial charge in [-0.2, -0.15) is 0 Å². The van der Waals surface area contributed by atoms with Crippen molar-refractivity contribution in [1.29, 1.82) is 0 Å². The number of carbonyl (C=O) groups is 3. The quantitative estimate of drug-likeness (QED) is 0.0261. The Hall–Kier alpha value is -3.15. The second-order valence-electron chi connectivity index (χ2n) is 23.1. The highest BCUT2D eigenvalue weighted by atomic mass is 16.6. The number of hydrogen-bond acceptors (Lipinski definition) is 6. The first-order valence-corrected chi connectivity index (χ1v) is 34.4. The normalized spacial score (nSPS) is 12.5. The third-order valence-corrected chi connectivity index (χ3v) is 15.2. The molecular weight excluding hydrogens is 973 g/mol. The molecule has 0 aromatic heterocycles. The van der Waals surface area contributed by atoms with Gasteiger partial charge in [0.1, 0.15) is 13.2 Å². The van der Waals surface area contributed by atoms with Crippen LogP contribution >= 0.6 is 0 Å². The third kappa shape index (κ3) is 65.5. The van der Waals surface area contributed by atoms with Crippen molar-refractivity contribution in [3.63, 3.8) is 0 Å². The summed E-state index contributed by atoms with van der Waals surface area (Å²) >= 11 is 0. The maximum absolute atomic E-state index is 12.9. The van der Waals surface area contributed by atoms with Gasteiger partial charge in [0.2, 0.25) is 0 Å². The minimum Gasteiger partial charge on any atom is -0.462 e. The largest absolute Gasteiger partial charge is 0.462 e. The maximum Gasteiger partial charge on any atom is 0.306 e. The monoisotopic (exact) mass is 1100 g/mol. The molecule has 0 aromatic carbocycles. The van der Waals surface area contributed by atoms with Gasteiger partial charge in [-0.25, -0.2) is 0 Å². The molecule has 0 bridgehead atoms. The van der Waals surface area contributed by atoms with Gasteiger partial charge in [-0.3, -0.25) is 14.4 Å². The predicted octanol–water partition coefficient (Wildman–Crippen LogP) is 23.7. The summed E-state index contributed by atoms with van der Waals surface area (Å²) < 4.78 is 16.9. The van der Waals surface area contributed by atoms with Gasteiger partial charge >= 0.3 is 17.9 Å². The molecular formula is C73H130O6. The van der Waals surface area contributed by atoms with Crippen LogP contribution in [0, 0.1) is 0 Å².